The van der Waals surface area contributed by atoms with Crippen LogP contribution in [0.25, 0.3) is 6.08 Å². The lowest BCUT2D eigenvalue weighted by atomic mass is 10.1. The lowest BCUT2D eigenvalue weighted by molar-refractivity contribution is -0.122. The van der Waals surface area contributed by atoms with Crippen molar-refractivity contribution in [2.75, 3.05) is 25.6 Å². The standard InChI is InChI=1S/C26H28N2O5S2/c1-3-33-25(31)19-10-12-20(13-11-19)27-23(29)7-5-4-6-16-28-24(30)22(35-26(28)34)17-18-8-14-21(32-2)15-9-18/h8-15,17H,3-7,16H2,1-2H3,(H,27,29). The summed E-state index contributed by atoms with van der Waals surface area (Å²) in [5.41, 5.74) is 1.98. The monoisotopic (exact) mass is 512 g/mol. The van der Waals surface area contributed by atoms with Gasteiger partial charge in [0, 0.05) is 18.7 Å². The van der Waals surface area contributed by atoms with Crippen LogP contribution in [0, 0.1) is 0 Å². The van der Waals surface area contributed by atoms with Gasteiger partial charge in [0.25, 0.3) is 5.91 Å². The summed E-state index contributed by atoms with van der Waals surface area (Å²) in [5.74, 6) is 0.195. The number of esters is 1. The zero-order valence-corrected chi connectivity index (χ0v) is 21.4. The number of methoxy groups -OCH3 is 1. The number of anilines is 1. The van der Waals surface area contributed by atoms with E-state index in [2.05, 4.69) is 5.32 Å². The Kier molecular flexibility index (Phi) is 9.86. The van der Waals surface area contributed by atoms with Gasteiger partial charge in [0.15, 0.2) is 0 Å². The van der Waals surface area contributed by atoms with Crippen LogP contribution in [0.1, 0.15) is 48.5 Å². The largest absolute Gasteiger partial charge is 0.497 e. The minimum Gasteiger partial charge on any atom is -0.497 e. The minimum absolute atomic E-state index is 0.0835. The van der Waals surface area contributed by atoms with Gasteiger partial charge in [0.2, 0.25) is 5.91 Å². The quantitative estimate of drug-likeness (QED) is 0.190. The molecule has 0 spiro atoms. The van der Waals surface area contributed by atoms with Gasteiger partial charge in [0.1, 0.15) is 10.1 Å². The van der Waals surface area contributed by atoms with Crippen molar-refractivity contribution in [3.05, 3.63) is 64.6 Å². The smallest absolute Gasteiger partial charge is 0.338 e. The Morgan fingerprint density at radius 2 is 1.77 bits per heavy atom. The molecule has 9 heteroatoms. The van der Waals surface area contributed by atoms with Crippen LogP contribution in [0.3, 0.4) is 0 Å². The molecule has 1 aliphatic rings. The molecule has 1 N–H and O–H groups in total. The summed E-state index contributed by atoms with van der Waals surface area (Å²) in [4.78, 5) is 38.9. The van der Waals surface area contributed by atoms with E-state index in [9.17, 15) is 14.4 Å². The molecule has 1 aliphatic heterocycles. The average Bonchev–Trinajstić information content (AvgIpc) is 3.12. The molecule has 1 fully saturated rings. The third kappa shape index (κ3) is 7.66. The van der Waals surface area contributed by atoms with Gasteiger partial charge in [-0.1, -0.05) is 42.5 Å². The number of carbonyl (C=O) groups is 3. The molecule has 3 rings (SSSR count). The molecule has 2 aromatic carbocycles. The molecule has 0 atom stereocenters. The fourth-order valence-electron chi connectivity index (χ4n) is 3.40. The first-order valence-electron chi connectivity index (χ1n) is 11.4. The molecule has 1 heterocycles. The molecule has 2 amide bonds. The second-order valence-electron chi connectivity index (χ2n) is 7.76. The lowest BCUT2D eigenvalue weighted by Crippen LogP contribution is -2.29. The van der Waals surface area contributed by atoms with Gasteiger partial charge in [-0.2, -0.15) is 0 Å². The number of hydrogen-bond acceptors (Lipinski definition) is 7. The number of thiocarbonyl (C=S) groups is 1. The minimum atomic E-state index is -0.386. The number of thioether (sulfide) groups is 1. The van der Waals surface area contributed by atoms with Gasteiger partial charge in [0.05, 0.1) is 24.2 Å². The van der Waals surface area contributed by atoms with Crippen molar-refractivity contribution >= 4 is 57.8 Å². The molecule has 0 bridgehead atoms. The normalized spacial score (nSPS) is 14.3. The molecule has 1 saturated heterocycles. The van der Waals surface area contributed by atoms with Gasteiger partial charge >= 0.3 is 5.97 Å². The highest BCUT2D eigenvalue weighted by Crippen LogP contribution is 2.33. The highest BCUT2D eigenvalue weighted by atomic mass is 32.2. The zero-order chi connectivity index (χ0) is 25.2. The Bertz CT molecular complexity index is 1100. The molecular weight excluding hydrogens is 484 g/mol. The van der Waals surface area contributed by atoms with E-state index in [1.165, 1.54) is 11.8 Å². The van der Waals surface area contributed by atoms with Crippen LogP contribution < -0.4 is 10.1 Å². The molecular formula is C26H28N2O5S2. The van der Waals surface area contributed by atoms with Gasteiger partial charge in [-0.15, -0.1) is 0 Å². The van der Waals surface area contributed by atoms with Gasteiger partial charge in [-0.3, -0.25) is 14.5 Å². The van der Waals surface area contributed by atoms with Crippen molar-refractivity contribution in [2.24, 2.45) is 0 Å². The molecule has 0 aromatic heterocycles. The van der Waals surface area contributed by atoms with Crippen LogP contribution in [0.4, 0.5) is 5.69 Å². The number of rotatable bonds is 11. The highest BCUT2D eigenvalue weighted by molar-refractivity contribution is 8.26. The first-order chi connectivity index (χ1) is 16.9. The van der Waals surface area contributed by atoms with Crippen molar-refractivity contribution in [1.29, 1.82) is 0 Å². The second kappa shape index (κ2) is 13.1. The van der Waals surface area contributed by atoms with Crippen molar-refractivity contribution in [1.82, 2.24) is 4.90 Å². The Labute approximate surface area is 214 Å². The van der Waals surface area contributed by atoms with E-state index in [0.717, 1.165) is 24.2 Å². The zero-order valence-electron chi connectivity index (χ0n) is 19.7. The summed E-state index contributed by atoms with van der Waals surface area (Å²) in [5, 5.41) is 2.83. The fraction of sp³-hybridized carbons (Fsp3) is 0.308. The van der Waals surface area contributed by atoms with Gasteiger partial charge in [-0.05, 0) is 67.8 Å². The molecule has 35 heavy (non-hydrogen) atoms. The van der Waals surface area contributed by atoms with Crippen LogP contribution in [0.5, 0.6) is 5.75 Å². The van der Waals surface area contributed by atoms with Gasteiger partial charge in [-0.25, -0.2) is 4.79 Å². The van der Waals surface area contributed by atoms with Crippen LogP contribution in [-0.4, -0.2) is 47.3 Å². The van der Waals surface area contributed by atoms with Crippen LogP contribution >= 0.6 is 24.0 Å². The number of hydrogen-bond donors (Lipinski definition) is 1. The topological polar surface area (TPSA) is 84.9 Å². The summed E-state index contributed by atoms with van der Waals surface area (Å²) < 4.78 is 10.7. The van der Waals surface area contributed by atoms with Crippen molar-refractivity contribution in [3.63, 3.8) is 0 Å². The van der Waals surface area contributed by atoms with E-state index in [1.807, 2.05) is 30.3 Å². The third-order valence-electron chi connectivity index (χ3n) is 5.25. The number of carbonyl (C=O) groups excluding carboxylic acids is 3. The summed E-state index contributed by atoms with van der Waals surface area (Å²) in [6, 6.07) is 14.1. The Morgan fingerprint density at radius 3 is 2.43 bits per heavy atom. The molecule has 0 saturated carbocycles. The van der Waals surface area contributed by atoms with Gasteiger partial charge < -0.3 is 14.8 Å². The Morgan fingerprint density at radius 1 is 1.06 bits per heavy atom. The van der Waals surface area contributed by atoms with Crippen molar-refractivity contribution in [2.45, 2.75) is 32.6 Å². The predicted molar refractivity (Wildman–Crippen MR) is 142 cm³/mol. The molecule has 0 aliphatic carbocycles. The van der Waals surface area contributed by atoms with E-state index in [1.54, 1.807) is 43.2 Å². The number of ether oxygens (including phenoxy) is 2. The second-order valence-corrected chi connectivity index (χ2v) is 9.44. The predicted octanol–water partition coefficient (Wildman–Crippen LogP) is 5.27. The van der Waals surface area contributed by atoms with Crippen molar-refractivity contribution < 1.29 is 23.9 Å². The third-order valence-corrected chi connectivity index (χ3v) is 6.63. The maximum absolute atomic E-state index is 12.8. The van der Waals surface area contributed by atoms with E-state index in [-0.39, 0.29) is 17.8 Å². The number of benzene rings is 2. The SMILES string of the molecule is CCOC(=O)c1ccc(NC(=O)CCCCCN2C(=O)C(=Cc3ccc(OC)cc3)SC2=S)cc1. The van der Waals surface area contributed by atoms with E-state index in [0.29, 0.717) is 46.5 Å². The Hall–Kier alpha value is -3.17. The first kappa shape index (κ1) is 26.4. The van der Waals surface area contributed by atoms with Crippen LogP contribution in [0.2, 0.25) is 0 Å². The number of nitrogens with zero attached hydrogens (tertiary/aromatic N) is 1. The van der Waals surface area contributed by atoms with E-state index in [4.69, 9.17) is 21.7 Å². The average molecular weight is 513 g/mol. The summed E-state index contributed by atoms with van der Waals surface area (Å²) in [7, 11) is 1.61. The first-order valence-corrected chi connectivity index (χ1v) is 12.6. The number of unbranched alkanes of at least 4 members (excludes halogenated alkanes) is 2. The maximum Gasteiger partial charge on any atom is 0.338 e. The van der Waals surface area contributed by atoms with Crippen molar-refractivity contribution in [3.8, 4) is 5.75 Å². The molecule has 184 valence electrons. The molecule has 0 radical (unpaired) electrons. The van der Waals surface area contributed by atoms with E-state index < -0.39 is 0 Å². The number of nitrogens with one attached hydrogen (secondary N) is 1. The lowest BCUT2D eigenvalue weighted by Gasteiger charge is -2.14. The Balaban J connectivity index is 1.39. The van der Waals surface area contributed by atoms with E-state index >= 15 is 0 Å². The maximum atomic E-state index is 12.8. The highest BCUT2D eigenvalue weighted by Gasteiger charge is 2.31. The fourth-order valence-corrected chi connectivity index (χ4v) is 4.71. The summed E-state index contributed by atoms with van der Waals surface area (Å²) >= 11 is 6.70. The summed E-state index contributed by atoms with van der Waals surface area (Å²) in [6.45, 7) is 2.60. The van der Waals surface area contributed by atoms with Crippen LogP contribution in [-0.2, 0) is 14.3 Å². The molecule has 0 unspecified atom stereocenters. The van der Waals surface area contributed by atoms with Crippen LogP contribution in [0.15, 0.2) is 53.4 Å². The molecule has 2 aromatic rings. The summed E-state index contributed by atoms with van der Waals surface area (Å²) in [6.07, 6.45) is 4.45. The molecule has 7 nitrogen and oxygen atoms in total. The number of amides is 2.